The number of nitrogens with one attached hydrogen (secondary N) is 1. The van der Waals surface area contributed by atoms with E-state index in [0.29, 0.717) is 6.54 Å². The average Bonchev–Trinajstić information content (AvgIpc) is 3.28. The molecule has 132 valence electrons. The maximum Gasteiger partial charge on any atom is 0.231 e. The highest BCUT2D eigenvalue weighted by Gasteiger charge is 2.41. The Balaban J connectivity index is 1.60. The molecular formula is C19H23N3O3. The van der Waals surface area contributed by atoms with Gasteiger partial charge in [0.15, 0.2) is 11.5 Å². The number of carbonyl (C=O) groups excluding carboxylic acids is 1. The highest BCUT2D eigenvalue weighted by Crippen LogP contribution is 2.43. The Hall–Kier alpha value is -2.50. The van der Waals surface area contributed by atoms with Crippen molar-refractivity contribution in [2.24, 2.45) is 7.05 Å². The molecule has 1 N–H and O–H groups in total. The summed E-state index contributed by atoms with van der Waals surface area (Å²) in [6.07, 6.45) is 8.65. The van der Waals surface area contributed by atoms with Crippen molar-refractivity contribution < 1.29 is 14.3 Å². The minimum atomic E-state index is -0.496. The fourth-order valence-electron chi connectivity index (χ4n) is 3.89. The molecule has 2 aliphatic rings. The van der Waals surface area contributed by atoms with Gasteiger partial charge in [-0.25, -0.2) is 4.98 Å². The Kier molecular flexibility index (Phi) is 4.11. The largest absolute Gasteiger partial charge is 0.454 e. The number of hydrogen-bond donors (Lipinski definition) is 1. The first-order valence-electron chi connectivity index (χ1n) is 8.84. The zero-order chi connectivity index (χ0) is 17.3. The molecule has 2 aromatic rings. The topological polar surface area (TPSA) is 65.4 Å². The van der Waals surface area contributed by atoms with Crippen LogP contribution in [0.2, 0.25) is 0 Å². The lowest BCUT2D eigenvalue weighted by Gasteiger charge is -2.36. The molecule has 6 nitrogen and oxygen atoms in total. The molecule has 0 saturated heterocycles. The summed E-state index contributed by atoms with van der Waals surface area (Å²) in [7, 11) is 1.93. The summed E-state index contributed by atoms with van der Waals surface area (Å²) in [6.45, 7) is 0.686. The van der Waals surface area contributed by atoms with Gasteiger partial charge in [0.05, 0.1) is 12.0 Å². The van der Waals surface area contributed by atoms with Gasteiger partial charge in [0.2, 0.25) is 12.7 Å². The molecule has 0 spiro atoms. The number of rotatable bonds is 4. The Morgan fingerprint density at radius 3 is 2.80 bits per heavy atom. The van der Waals surface area contributed by atoms with E-state index < -0.39 is 5.41 Å². The molecule has 6 heteroatoms. The third-order valence-electron chi connectivity index (χ3n) is 5.39. The molecule has 0 bridgehead atoms. The van der Waals surface area contributed by atoms with E-state index in [-0.39, 0.29) is 12.7 Å². The van der Waals surface area contributed by atoms with Crippen LogP contribution in [0.15, 0.2) is 30.6 Å². The highest BCUT2D eigenvalue weighted by atomic mass is 16.7. The van der Waals surface area contributed by atoms with Crippen molar-refractivity contribution in [1.82, 2.24) is 14.9 Å². The molecule has 1 aromatic carbocycles. The molecule has 1 aromatic heterocycles. The predicted octanol–water partition coefficient (Wildman–Crippen LogP) is 2.67. The lowest BCUT2D eigenvalue weighted by atomic mass is 9.68. The standard InChI is InChI=1S/C19H23N3O3/c1-22-10-9-20-17(22)12-21-18(23)19(7-3-2-4-8-19)14-5-6-15-16(11-14)25-13-24-15/h5-6,9-11H,2-4,7-8,12-13H2,1H3,(H,21,23). The van der Waals surface area contributed by atoms with Crippen LogP contribution in [0.5, 0.6) is 11.5 Å². The van der Waals surface area contributed by atoms with Crippen molar-refractivity contribution in [1.29, 1.82) is 0 Å². The molecule has 0 atom stereocenters. The number of carbonyl (C=O) groups is 1. The van der Waals surface area contributed by atoms with Gasteiger partial charge in [0.25, 0.3) is 0 Å². The van der Waals surface area contributed by atoms with Crippen LogP contribution in [-0.2, 0) is 23.8 Å². The average molecular weight is 341 g/mol. The van der Waals surface area contributed by atoms with Gasteiger partial charge in [-0.15, -0.1) is 0 Å². The quantitative estimate of drug-likeness (QED) is 0.928. The SMILES string of the molecule is Cn1ccnc1CNC(=O)C1(c2ccc3c(c2)OCO3)CCCCC1. The van der Waals surface area contributed by atoms with Crippen LogP contribution >= 0.6 is 0 Å². The number of imidazole rings is 1. The number of fused-ring (bicyclic) bond motifs is 1. The van der Waals surface area contributed by atoms with E-state index in [0.717, 1.165) is 48.6 Å². The van der Waals surface area contributed by atoms with E-state index in [1.165, 1.54) is 6.42 Å². The second kappa shape index (κ2) is 6.43. The summed E-state index contributed by atoms with van der Waals surface area (Å²) in [4.78, 5) is 17.5. The summed E-state index contributed by atoms with van der Waals surface area (Å²) >= 11 is 0. The van der Waals surface area contributed by atoms with Crippen molar-refractivity contribution in [2.45, 2.75) is 44.1 Å². The van der Waals surface area contributed by atoms with Gasteiger partial charge < -0.3 is 19.4 Å². The molecular weight excluding hydrogens is 318 g/mol. The Labute approximate surface area is 147 Å². The van der Waals surface area contributed by atoms with Gasteiger partial charge in [-0.3, -0.25) is 4.79 Å². The highest BCUT2D eigenvalue weighted by molar-refractivity contribution is 5.88. The minimum Gasteiger partial charge on any atom is -0.454 e. The second-order valence-electron chi connectivity index (χ2n) is 6.85. The normalized spacial score (nSPS) is 18.1. The smallest absolute Gasteiger partial charge is 0.231 e. The third kappa shape index (κ3) is 2.86. The van der Waals surface area contributed by atoms with Crippen LogP contribution < -0.4 is 14.8 Å². The summed E-state index contributed by atoms with van der Waals surface area (Å²) in [5.74, 6) is 2.42. The van der Waals surface area contributed by atoms with Crippen LogP contribution in [0.4, 0.5) is 0 Å². The van der Waals surface area contributed by atoms with Crippen LogP contribution in [0.25, 0.3) is 0 Å². The molecule has 1 aliphatic carbocycles. The van der Waals surface area contributed by atoms with Gasteiger partial charge in [-0.1, -0.05) is 25.3 Å². The number of hydrogen-bond acceptors (Lipinski definition) is 4. The monoisotopic (exact) mass is 341 g/mol. The molecule has 0 unspecified atom stereocenters. The zero-order valence-corrected chi connectivity index (χ0v) is 14.5. The predicted molar refractivity (Wildman–Crippen MR) is 92.4 cm³/mol. The van der Waals surface area contributed by atoms with Gasteiger partial charge >= 0.3 is 0 Å². The first kappa shape index (κ1) is 16.0. The number of aromatic nitrogens is 2. The van der Waals surface area contributed by atoms with Gasteiger partial charge in [0, 0.05) is 19.4 Å². The molecule has 4 rings (SSSR count). The zero-order valence-electron chi connectivity index (χ0n) is 14.5. The Bertz CT molecular complexity index is 778. The molecule has 25 heavy (non-hydrogen) atoms. The van der Waals surface area contributed by atoms with Crippen molar-refractivity contribution >= 4 is 5.91 Å². The fourth-order valence-corrected chi connectivity index (χ4v) is 3.89. The van der Waals surface area contributed by atoms with Gasteiger partial charge in [-0.2, -0.15) is 0 Å². The maximum absolute atomic E-state index is 13.2. The maximum atomic E-state index is 13.2. The number of nitrogens with zero attached hydrogens (tertiary/aromatic N) is 2. The van der Waals surface area contributed by atoms with Crippen molar-refractivity contribution in [3.05, 3.63) is 42.0 Å². The first-order chi connectivity index (χ1) is 12.2. The molecule has 2 heterocycles. The molecule has 1 amide bonds. The van der Waals surface area contributed by atoms with Crippen LogP contribution in [0.3, 0.4) is 0 Å². The van der Waals surface area contributed by atoms with E-state index in [9.17, 15) is 4.79 Å². The van der Waals surface area contributed by atoms with Crippen LogP contribution in [-0.4, -0.2) is 22.3 Å². The van der Waals surface area contributed by atoms with E-state index in [1.54, 1.807) is 6.20 Å². The van der Waals surface area contributed by atoms with Crippen LogP contribution in [0, 0.1) is 0 Å². The van der Waals surface area contributed by atoms with Gasteiger partial charge in [0.1, 0.15) is 5.82 Å². The number of ether oxygens (including phenoxy) is 2. The van der Waals surface area contributed by atoms with Crippen molar-refractivity contribution in [3.8, 4) is 11.5 Å². The number of aryl methyl sites for hydroxylation is 1. The van der Waals surface area contributed by atoms with E-state index in [1.807, 2.05) is 36.0 Å². The third-order valence-corrected chi connectivity index (χ3v) is 5.39. The lowest BCUT2D eigenvalue weighted by Crippen LogP contribution is -2.45. The molecule has 1 fully saturated rings. The minimum absolute atomic E-state index is 0.0778. The molecule has 0 radical (unpaired) electrons. The van der Waals surface area contributed by atoms with E-state index >= 15 is 0 Å². The van der Waals surface area contributed by atoms with Gasteiger partial charge in [-0.05, 0) is 30.5 Å². The van der Waals surface area contributed by atoms with Crippen LogP contribution in [0.1, 0.15) is 43.5 Å². The first-order valence-corrected chi connectivity index (χ1v) is 8.84. The van der Waals surface area contributed by atoms with E-state index in [4.69, 9.17) is 9.47 Å². The van der Waals surface area contributed by atoms with E-state index in [2.05, 4.69) is 10.3 Å². The summed E-state index contributed by atoms with van der Waals surface area (Å²) in [5.41, 5.74) is 0.526. The Morgan fingerprint density at radius 2 is 2.04 bits per heavy atom. The Morgan fingerprint density at radius 1 is 1.24 bits per heavy atom. The molecule has 1 saturated carbocycles. The summed E-state index contributed by atoms with van der Waals surface area (Å²) in [6, 6.07) is 5.91. The van der Waals surface area contributed by atoms with Crippen molar-refractivity contribution in [3.63, 3.8) is 0 Å². The van der Waals surface area contributed by atoms with Crippen molar-refractivity contribution in [2.75, 3.05) is 6.79 Å². The summed E-state index contributed by atoms with van der Waals surface area (Å²) in [5, 5.41) is 3.11. The summed E-state index contributed by atoms with van der Waals surface area (Å²) < 4.78 is 12.9. The number of amides is 1. The lowest BCUT2D eigenvalue weighted by molar-refractivity contribution is -0.128. The fraction of sp³-hybridized carbons (Fsp3) is 0.474. The number of benzene rings is 1. The molecule has 1 aliphatic heterocycles. The second-order valence-corrected chi connectivity index (χ2v) is 6.85.